The molecule has 3 unspecified atom stereocenters. The fraction of sp³-hybridized carbons (Fsp3) is 0.667. The number of benzene rings is 1. The van der Waals surface area contributed by atoms with Gasteiger partial charge in [-0.05, 0) is 55.5 Å². The molecule has 156 valence electrons. The summed E-state index contributed by atoms with van der Waals surface area (Å²) in [7, 11) is 0. The summed E-state index contributed by atoms with van der Waals surface area (Å²) in [4.78, 5) is 15.1. The van der Waals surface area contributed by atoms with Crippen molar-refractivity contribution >= 4 is 5.78 Å². The van der Waals surface area contributed by atoms with Crippen molar-refractivity contribution in [2.24, 2.45) is 11.7 Å². The van der Waals surface area contributed by atoms with Crippen LogP contribution in [-0.2, 0) is 16.0 Å². The third-order valence-corrected chi connectivity index (χ3v) is 6.09. The van der Waals surface area contributed by atoms with E-state index >= 15 is 0 Å². The second kappa shape index (κ2) is 9.87. The smallest absolute Gasteiger partial charge is 0.159 e. The number of fused-ring (bicyclic) bond motifs is 1. The van der Waals surface area contributed by atoms with Gasteiger partial charge in [0.1, 0.15) is 5.78 Å². The Balaban J connectivity index is 1.58. The number of ketones is 1. The minimum atomic E-state index is -0.868. The molecule has 1 aromatic rings. The van der Waals surface area contributed by atoms with Crippen LogP contribution in [0.2, 0.25) is 0 Å². The van der Waals surface area contributed by atoms with E-state index in [9.17, 15) is 18.7 Å². The molecular weight excluding hydrogens is 366 g/mol. The van der Waals surface area contributed by atoms with Crippen molar-refractivity contribution in [3.05, 3.63) is 34.9 Å². The molecule has 3 atom stereocenters. The quantitative estimate of drug-likeness (QED) is 0.668. The number of aliphatic hydroxyl groups is 1. The van der Waals surface area contributed by atoms with E-state index in [2.05, 4.69) is 4.90 Å². The van der Waals surface area contributed by atoms with Gasteiger partial charge in [-0.1, -0.05) is 0 Å². The molecule has 1 saturated heterocycles. The third kappa shape index (κ3) is 5.14. The standard InChI is InChI=1S/C21H30F2N2O3/c22-18-11-15-1-2-16(17(15)12-19(18)23)20(24)13-21(27)14(4-8-26)3-5-25-6-9-28-10-7-25/h11-12,14,16,20,26H,1-10,13,24H2. The Labute approximate surface area is 164 Å². The molecule has 0 spiro atoms. The minimum absolute atomic E-state index is 0.0362. The Morgan fingerprint density at radius 3 is 2.68 bits per heavy atom. The highest BCUT2D eigenvalue weighted by molar-refractivity contribution is 5.81. The molecule has 0 radical (unpaired) electrons. The first kappa shape index (κ1) is 21.3. The average Bonchev–Trinajstić information content (AvgIpc) is 3.08. The molecule has 3 N–H and O–H groups in total. The van der Waals surface area contributed by atoms with Crippen LogP contribution in [0, 0.1) is 17.6 Å². The van der Waals surface area contributed by atoms with Gasteiger partial charge in [-0.25, -0.2) is 8.78 Å². The molecule has 28 heavy (non-hydrogen) atoms. The van der Waals surface area contributed by atoms with E-state index in [0.29, 0.717) is 38.9 Å². The molecule has 1 aliphatic carbocycles. The SMILES string of the molecule is NC(CC(=O)C(CCO)CCN1CCOCC1)C1CCc2cc(F)c(F)cc21. The number of morpholine rings is 1. The molecule has 0 aromatic heterocycles. The van der Waals surface area contributed by atoms with Crippen LogP contribution in [-0.4, -0.2) is 61.3 Å². The normalized spacial score (nSPS) is 22.1. The van der Waals surface area contributed by atoms with Gasteiger partial charge in [0.2, 0.25) is 0 Å². The van der Waals surface area contributed by atoms with Gasteiger partial charge < -0.3 is 15.6 Å². The van der Waals surface area contributed by atoms with Gasteiger partial charge in [0.05, 0.1) is 13.2 Å². The Bertz CT molecular complexity index is 680. The topological polar surface area (TPSA) is 75.8 Å². The summed E-state index contributed by atoms with van der Waals surface area (Å²) in [5.74, 6) is -2.03. The molecule has 1 heterocycles. The maximum Gasteiger partial charge on any atom is 0.159 e. The van der Waals surface area contributed by atoms with Gasteiger partial charge in [-0.15, -0.1) is 0 Å². The summed E-state index contributed by atoms with van der Waals surface area (Å²) in [5.41, 5.74) is 7.84. The van der Waals surface area contributed by atoms with Crippen molar-refractivity contribution in [1.82, 2.24) is 4.90 Å². The van der Waals surface area contributed by atoms with Crippen LogP contribution >= 0.6 is 0 Å². The van der Waals surface area contributed by atoms with Gasteiger partial charge in [0.15, 0.2) is 11.6 Å². The van der Waals surface area contributed by atoms with Gasteiger partial charge in [0, 0.05) is 44.0 Å². The predicted octanol–water partition coefficient (Wildman–Crippen LogP) is 2.00. The number of hydrogen-bond acceptors (Lipinski definition) is 5. The van der Waals surface area contributed by atoms with Crippen LogP contribution in [0.4, 0.5) is 8.78 Å². The van der Waals surface area contributed by atoms with E-state index in [0.717, 1.165) is 30.8 Å². The van der Waals surface area contributed by atoms with Crippen LogP contribution < -0.4 is 5.73 Å². The van der Waals surface area contributed by atoms with E-state index < -0.39 is 17.7 Å². The molecule has 0 saturated carbocycles. The fourth-order valence-corrected chi connectivity index (χ4v) is 4.40. The lowest BCUT2D eigenvalue weighted by atomic mass is 9.86. The van der Waals surface area contributed by atoms with Crippen molar-refractivity contribution in [2.75, 3.05) is 39.5 Å². The zero-order valence-electron chi connectivity index (χ0n) is 16.2. The molecule has 0 bridgehead atoms. The average molecular weight is 396 g/mol. The van der Waals surface area contributed by atoms with Gasteiger partial charge >= 0.3 is 0 Å². The van der Waals surface area contributed by atoms with E-state index in [1.165, 1.54) is 12.1 Å². The number of rotatable bonds is 9. The number of nitrogens with two attached hydrogens (primary N) is 1. The highest BCUT2D eigenvalue weighted by Crippen LogP contribution is 2.37. The number of carbonyl (C=O) groups is 1. The first-order valence-electron chi connectivity index (χ1n) is 10.2. The second-order valence-corrected chi connectivity index (χ2v) is 7.90. The molecular formula is C21H30F2N2O3. The first-order chi connectivity index (χ1) is 13.5. The fourth-order valence-electron chi connectivity index (χ4n) is 4.40. The van der Waals surface area contributed by atoms with Gasteiger partial charge in [0.25, 0.3) is 0 Å². The number of halogens is 2. The first-order valence-corrected chi connectivity index (χ1v) is 10.2. The van der Waals surface area contributed by atoms with Crippen LogP contribution in [0.5, 0.6) is 0 Å². The molecule has 3 rings (SSSR count). The molecule has 0 amide bonds. The molecule has 1 aliphatic heterocycles. The number of hydrogen-bond donors (Lipinski definition) is 2. The highest BCUT2D eigenvalue weighted by Gasteiger charge is 2.32. The number of carbonyl (C=O) groups excluding carboxylic acids is 1. The summed E-state index contributed by atoms with van der Waals surface area (Å²) in [6.07, 6.45) is 2.66. The van der Waals surface area contributed by atoms with E-state index in [-0.39, 0.29) is 30.6 Å². The largest absolute Gasteiger partial charge is 0.396 e. The van der Waals surface area contributed by atoms with Crippen LogP contribution in [0.1, 0.15) is 42.7 Å². The summed E-state index contributed by atoms with van der Waals surface area (Å²) in [6, 6.07) is 2.05. The zero-order valence-corrected chi connectivity index (χ0v) is 16.2. The number of aryl methyl sites for hydroxylation is 1. The van der Waals surface area contributed by atoms with Gasteiger partial charge in [-0.2, -0.15) is 0 Å². The Hall–Kier alpha value is -1.41. The maximum absolute atomic E-state index is 13.7. The highest BCUT2D eigenvalue weighted by atomic mass is 19.2. The van der Waals surface area contributed by atoms with E-state index in [1.807, 2.05) is 0 Å². The molecule has 1 fully saturated rings. The Morgan fingerprint density at radius 1 is 1.25 bits per heavy atom. The summed E-state index contributed by atoms with van der Waals surface area (Å²) >= 11 is 0. The second-order valence-electron chi connectivity index (χ2n) is 7.90. The summed E-state index contributed by atoms with van der Waals surface area (Å²) < 4.78 is 32.4. The maximum atomic E-state index is 13.7. The monoisotopic (exact) mass is 396 g/mol. The molecule has 2 aliphatic rings. The van der Waals surface area contributed by atoms with Crippen molar-refractivity contribution in [3.63, 3.8) is 0 Å². The number of ether oxygens (including phenoxy) is 1. The van der Waals surface area contributed by atoms with E-state index in [4.69, 9.17) is 10.5 Å². The van der Waals surface area contributed by atoms with Gasteiger partial charge in [-0.3, -0.25) is 9.69 Å². The van der Waals surface area contributed by atoms with Crippen molar-refractivity contribution in [1.29, 1.82) is 0 Å². The number of Topliss-reactive ketones (excluding diaryl/α,β-unsaturated/α-hetero) is 1. The number of nitrogens with zero attached hydrogens (tertiary/aromatic N) is 1. The third-order valence-electron chi connectivity index (χ3n) is 6.09. The molecule has 5 nitrogen and oxygen atoms in total. The lowest BCUT2D eigenvalue weighted by Crippen LogP contribution is -2.38. The van der Waals surface area contributed by atoms with Crippen molar-refractivity contribution < 1.29 is 23.4 Å². The van der Waals surface area contributed by atoms with E-state index in [1.54, 1.807) is 0 Å². The van der Waals surface area contributed by atoms with Crippen molar-refractivity contribution in [2.45, 2.75) is 44.1 Å². The summed E-state index contributed by atoms with van der Waals surface area (Å²) in [5, 5.41) is 9.36. The summed E-state index contributed by atoms with van der Waals surface area (Å²) in [6.45, 7) is 3.90. The Kier molecular flexibility index (Phi) is 7.51. The minimum Gasteiger partial charge on any atom is -0.396 e. The number of aliphatic hydroxyl groups excluding tert-OH is 1. The van der Waals surface area contributed by atoms with Crippen molar-refractivity contribution in [3.8, 4) is 0 Å². The Morgan fingerprint density at radius 2 is 1.96 bits per heavy atom. The lowest BCUT2D eigenvalue weighted by Gasteiger charge is -2.28. The van der Waals surface area contributed by atoms with Crippen LogP contribution in [0.25, 0.3) is 0 Å². The van der Waals surface area contributed by atoms with Crippen LogP contribution in [0.15, 0.2) is 12.1 Å². The zero-order chi connectivity index (χ0) is 20.1. The molecule has 1 aromatic carbocycles. The lowest BCUT2D eigenvalue weighted by molar-refractivity contribution is -0.124. The van der Waals surface area contributed by atoms with Crippen LogP contribution in [0.3, 0.4) is 0 Å². The molecule has 7 heteroatoms. The predicted molar refractivity (Wildman–Crippen MR) is 102 cm³/mol.